The average Bonchev–Trinajstić information content (AvgIpc) is 3.49. The minimum absolute atomic E-state index is 0.0125. The van der Waals surface area contributed by atoms with Crippen molar-refractivity contribution < 1.29 is 52.2 Å². The van der Waals surface area contributed by atoms with Gasteiger partial charge in [-0.25, -0.2) is 4.57 Å². The molecule has 0 amide bonds. The fourth-order valence-electron chi connectivity index (χ4n) is 5.89. The molecule has 60 heavy (non-hydrogen) atoms. The lowest BCUT2D eigenvalue weighted by Gasteiger charge is -2.19. The molecule has 0 aliphatic heterocycles. The number of unbranched alkanes of at least 4 members (excludes halogenated alkanes) is 7. The van der Waals surface area contributed by atoms with Crippen molar-refractivity contribution in [2.24, 2.45) is 5.73 Å². The van der Waals surface area contributed by atoms with Gasteiger partial charge in [0.2, 0.25) is 0 Å². The van der Waals surface area contributed by atoms with E-state index >= 15 is 0 Å². The number of aliphatic hydroxyl groups excluding tert-OH is 2. The molecular formula is C47H76NO11P. The van der Waals surface area contributed by atoms with Crippen molar-refractivity contribution in [1.82, 2.24) is 0 Å². The molecule has 0 fully saturated rings. The molecule has 0 aromatic carbocycles. The molecule has 13 heteroatoms. The van der Waals surface area contributed by atoms with Gasteiger partial charge in [0.05, 0.1) is 25.4 Å². The Labute approximate surface area is 360 Å². The van der Waals surface area contributed by atoms with Crippen LogP contribution in [-0.2, 0) is 45.5 Å². The second-order valence-corrected chi connectivity index (χ2v) is 16.3. The van der Waals surface area contributed by atoms with Crippen LogP contribution in [0.25, 0.3) is 0 Å². The van der Waals surface area contributed by atoms with Gasteiger partial charge in [0.25, 0.3) is 0 Å². The maximum Gasteiger partial charge on any atom is 0.472 e. The first-order valence-electron chi connectivity index (χ1n) is 22.0. The lowest BCUT2D eigenvalue weighted by atomic mass is 10.0. The number of rotatable bonds is 36. The average molecular weight is 862 g/mol. The largest absolute Gasteiger partial charge is 0.472 e. The van der Waals surface area contributed by atoms with Crippen LogP contribution in [0.2, 0.25) is 0 Å². The van der Waals surface area contributed by atoms with Gasteiger partial charge in [-0.2, -0.15) is 0 Å². The molecule has 1 aromatic heterocycles. The first-order valence-corrected chi connectivity index (χ1v) is 23.5. The Balaban J connectivity index is 2.39. The number of hydrogen-bond donors (Lipinski definition) is 4. The van der Waals surface area contributed by atoms with Crippen molar-refractivity contribution in [3.05, 3.63) is 95.6 Å². The number of aryl methyl sites for hydroxylation is 2. The number of carbonyl (C=O) groups excluding carboxylic acids is 2. The molecule has 1 aromatic rings. The number of esters is 2. The summed E-state index contributed by atoms with van der Waals surface area (Å²) in [7, 11) is -4.45. The topological polar surface area (TPSA) is 188 Å². The van der Waals surface area contributed by atoms with E-state index in [0.29, 0.717) is 32.1 Å². The Hall–Kier alpha value is -3.35. The minimum atomic E-state index is -4.45. The van der Waals surface area contributed by atoms with Crippen LogP contribution >= 0.6 is 7.82 Å². The zero-order valence-corrected chi connectivity index (χ0v) is 37.7. The standard InChI is InChI=1S/C47H76NO11P/c1-5-7-19-27-41(49)29-22-17-18-23-30-42(50)28-21-13-9-11-16-26-34-47(52)58-43(38-57-60(53,54)56-36-35-48)37-55-46(51)33-25-15-12-10-14-24-32-45-40(4)39(3)44(59-45)31-20-8-6-2/h7,11,13,16-19,21-23,29-30,41-43,49-50H,5-6,8-10,12,14-15,20,24-28,31-38,48H2,1-4H3,(H,53,54)/b16-11-,18-17-,19-7-,21-13-,29-22+,30-23+/t41-,42+,43+/m0/s1. The summed E-state index contributed by atoms with van der Waals surface area (Å²) < 4.78 is 38.9. The molecular weight excluding hydrogens is 785 g/mol. The van der Waals surface area contributed by atoms with Gasteiger partial charge in [-0.3, -0.25) is 18.6 Å². The van der Waals surface area contributed by atoms with Gasteiger partial charge in [0.1, 0.15) is 18.1 Å². The number of phosphoric ester groups is 1. The number of allylic oxidation sites excluding steroid dienone is 8. The normalized spacial score (nSPS) is 15.0. The predicted molar refractivity (Wildman–Crippen MR) is 239 cm³/mol. The molecule has 4 atom stereocenters. The summed E-state index contributed by atoms with van der Waals surface area (Å²) in [6, 6.07) is 0. The fourth-order valence-corrected chi connectivity index (χ4v) is 6.66. The third-order valence-electron chi connectivity index (χ3n) is 9.49. The van der Waals surface area contributed by atoms with Gasteiger partial charge in [-0.1, -0.05) is 125 Å². The van der Waals surface area contributed by atoms with Crippen LogP contribution in [0.4, 0.5) is 0 Å². The Kier molecular flexibility index (Phi) is 32.1. The lowest BCUT2D eigenvalue weighted by Crippen LogP contribution is -2.29. The van der Waals surface area contributed by atoms with Crippen molar-refractivity contribution >= 4 is 19.8 Å². The third kappa shape index (κ3) is 29.0. The highest BCUT2D eigenvalue weighted by molar-refractivity contribution is 7.47. The monoisotopic (exact) mass is 862 g/mol. The third-order valence-corrected chi connectivity index (χ3v) is 10.5. The number of furan rings is 1. The Morgan fingerprint density at radius 3 is 1.92 bits per heavy atom. The quantitative estimate of drug-likeness (QED) is 0.0165. The van der Waals surface area contributed by atoms with E-state index in [4.69, 9.17) is 28.7 Å². The summed E-state index contributed by atoms with van der Waals surface area (Å²) in [5, 5.41) is 20.0. The summed E-state index contributed by atoms with van der Waals surface area (Å²) in [5.41, 5.74) is 7.92. The molecule has 0 aliphatic rings. The summed E-state index contributed by atoms with van der Waals surface area (Å²) in [5.74, 6) is 1.21. The smallest absolute Gasteiger partial charge is 0.466 e. The first kappa shape index (κ1) is 54.7. The summed E-state index contributed by atoms with van der Waals surface area (Å²) in [6.07, 6.45) is 34.2. The maximum absolute atomic E-state index is 12.6. The van der Waals surface area contributed by atoms with E-state index in [2.05, 4.69) is 20.8 Å². The van der Waals surface area contributed by atoms with Crippen LogP contribution in [0.3, 0.4) is 0 Å². The SMILES string of the molecule is CC/C=C\C[C@H](O)/C=C/C=C\C=C\[C@H](O)C/C=C\C/C=C\CCC(=O)O[C@H](COC(=O)CCCCCCCCc1oc(CCCCC)c(C)c1C)COP(=O)(O)OCCN. The zero-order valence-electron chi connectivity index (χ0n) is 36.8. The van der Waals surface area contributed by atoms with Gasteiger partial charge < -0.3 is 34.7 Å². The van der Waals surface area contributed by atoms with Crippen molar-refractivity contribution in [3.8, 4) is 0 Å². The van der Waals surface area contributed by atoms with Gasteiger partial charge in [-0.05, 0) is 76.3 Å². The molecule has 340 valence electrons. The highest BCUT2D eigenvalue weighted by Crippen LogP contribution is 2.43. The van der Waals surface area contributed by atoms with Gasteiger partial charge in [0.15, 0.2) is 6.10 Å². The Bertz CT molecular complexity index is 1530. The molecule has 0 spiro atoms. The van der Waals surface area contributed by atoms with Crippen LogP contribution in [0.15, 0.2) is 77.3 Å². The molecule has 1 heterocycles. The molecule has 0 bridgehead atoms. The second kappa shape index (κ2) is 35.3. The van der Waals surface area contributed by atoms with E-state index in [1.165, 1.54) is 24.0 Å². The van der Waals surface area contributed by atoms with Gasteiger partial charge in [-0.15, -0.1) is 0 Å². The highest BCUT2D eigenvalue weighted by atomic mass is 31.2. The summed E-state index contributed by atoms with van der Waals surface area (Å²) >= 11 is 0. The Morgan fingerprint density at radius 1 is 0.717 bits per heavy atom. The van der Waals surface area contributed by atoms with E-state index in [-0.39, 0.29) is 32.6 Å². The molecule has 1 rings (SSSR count). The van der Waals surface area contributed by atoms with E-state index in [1.807, 2.05) is 43.4 Å². The lowest BCUT2D eigenvalue weighted by molar-refractivity contribution is -0.161. The molecule has 0 aliphatic carbocycles. The number of phosphoric acid groups is 1. The van der Waals surface area contributed by atoms with Crippen LogP contribution < -0.4 is 5.73 Å². The maximum atomic E-state index is 12.6. The number of nitrogens with two attached hydrogens (primary N) is 1. The van der Waals surface area contributed by atoms with Gasteiger partial charge >= 0.3 is 19.8 Å². The van der Waals surface area contributed by atoms with Crippen LogP contribution in [0, 0.1) is 13.8 Å². The van der Waals surface area contributed by atoms with Crippen molar-refractivity contribution in [1.29, 1.82) is 0 Å². The first-order chi connectivity index (χ1) is 28.9. The molecule has 0 saturated carbocycles. The van der Waals surface area contributed by atoms with Crippen LogP contribution in [0.1, 0.15) is 139 Å². The number of aliphatic hydroxyl groups is 2. The summed E-state index contributed by atoms with van der Waals surface area (Å²) in [4.78, 5) is 35.0. The fraction of sp³-hybridized carbons (Fsp3) is 0.617. The van der Waals surface area contributed by atoms with Crippen molar-refractivity contribution in [2.45, 2.75) is 162 Å². The zero-order chi connectivity index (χ0) is 44.3. The summed E-state index contributed by atoms with van der Waals surface area (Å²) in [6.45, 7) is 7.54. The predicted octanol–water partition coefficient (Wildman–Crippen LogP) is 9.87. The Morgan fingerprint density at radius 2 is 1.30 bits per heavy atom. The van der Waals surface area contributed by atoms with Crippen LogP contribution in [-0.4, -0.2) is 71.7 Å². The minimum Gasteiger partial charge on any atom is -0.466 e. The molecule has 1 unspecified atom stereocenters. The van der Waals surface area contributed by atoms with E-state index in [9.17, 15) is 29.3 Å². The van der Waals surface area contributed by atoms with E-state index in [1.54, 1.807) is 36.5 Å². The van der Waals surface area contributed by atoms with Crippen LogP contribution in [0.5, 0.6) is 0 Å². The highest BCUT2D eigenvalue weighted by Gasteiger charge is 2.26. The van der Waals surface area contributed by atoms with E-state index < -0.39 is 44.7 Å². The molecule has 5 N–H and O–H groups in total. The molecule has 0 saturated heterocycles. The molecule has 12 nitrogen and oxygen atoms in total. The van der Waals surface area contributed by atoms with Crippen molar-refractivity contribution in [3.63, 3.8) is 0 Å². The van der Waals surface area contributed by atoms with Crippen molar-refractivity contribution in [2.75, 3.05) is 26.4 Å². The molecule has 0 radical (unpaired) electrons. The van der Waals surface area contributed by atoms with Gasteiger partial charge in [0, 0.05) is 32.2 Å². The second-order valence-electron chi connectivity index (χ2n) is 14.8. The van der Waals surface area contributed by atoms with E-state index in [0.717, 1.165) is 69.3 Å². The number of carbonyl (C=O) groups is 2. The number of ether oxygens (including phenoxy) is 2. The number of hydrogen-bond acceptors (Lipinski definition) is 11.